The Labute approximate surface area is 361 Å². The Morgan fingerprint density at radius 2 is 1.03 bits per heavy atom. The molecular formula is C58H36N2OS. The van der Waals surface area contributed by atoms with Crippen LogP contribution < -0.4 is 4.90 Å². The predicted octanol–water partition coefficient (Wildman–Crippen LogP) is 17.0. The van der Waals surface area contributed by atoms with E-state index in [2.05, 4.69) is 228 Å². The Kier molecular flexibility index (Phi) is 7.78. The molecule has 13 aromatic rings. The van der Waals surface area contributed by atoms with Crippen LogP contribution in [0, 0.1) is 0 Å². The summed E-state index contributed by atoms with van der Waals surface area (Å²) in [5.41, 5.74) is 12.9. The van der Waals surface area contributed by atoms with Gasteiger partial charge in [0, 0.05) is 70.0 Å². The number of hydrogen-bond acceptors (Lipinski definition) is 3. The maximum absolute atomic E-state index is 6.82. The molecule has 0 aliphatic rings. The second-order valence-electron chi connectivity index (χ2n) is 16.1. The monoisotopic (exact) mass is 808 g/mol. The average Bonchev–Trinajstić information content (AvgIpc) is 4.01. The lowest BCUT2D eigenvalue weighted by Gasteiger charge is -2.27. The lowest BCUT2D eigenvalue weighted by atomic mass is 9.98. The molecule has 0 atom stereocenters. The molecule has 0 aliphatic carbocycles. The van der Waals surface area contributed by atoms with E-state index >= 15 is 0 Å². The number of hydrogen-bond donors (Lipinski definition) is 0. The van der Waals surface area contributed by atoms with Crippen molar-refractivity contribution in [1.29, 1.82) is 0 Å². The standard InChI is InChI=1S/C58H36N2OS/c1-2-14-38-31-44(29-27-37(38)13-1)59(42-17-11-15-39(32-42)40-28-30-57-51(34-40)49-22-6-10-26-56(49)62-57)45-35-50(58-52(36-45)48-21-5-9-25-55(48)61-58)41-16-12-18-43(33-41)60-53-23-7-3-19-46(53)47-20-4-8-24-54(47)60/h1-36H. The molecule has 3 aromatic heterocycles. The van der Waals surface area contributed by atoms with Crippen molar-refractivity contribution < 1.29 is 4.42 Å². The van der Waals surface area contributed by atoms with E-state index in [1.807, 2.05) is 11.3 Å². The smallest absolute Gasteiger partial charge is 0.143 e. The summed E-state index contributed by atoms with van der Waals surface area (Å²) in [5.74, 6) is 0. The summed E-state index contributed by atoms with van der Waals surface area (Å²) in [6.45, 7) is 0. The Hall–Kier alpha value is -7.92. The first-order chi connectivity index (χ1) is 30.7. The quantitative estimate of drug-likeness (QED) is 0.167. The normalized spacial score (nSPS) is 11.9. The van der Waals surface area contributed by atoms with Crippen LogP contribution in [0.1, 0.15) is 0 Å². The van der Waals surface area contributed by atoms with E-state index in [4.69, 9.17) is 4.42 Å². The highest BCUT2D eigenvalue weighted by Crippen LogP contribution is 2.45. The average molecular weight is 809 g/mol. The fraction of sp³-hybridized carbons (Fsp3) is 0. The van der Waals surface area contributed by atoms with Gasteiger partial charge in [-0.1, -0.05) is 133 Å². The van der Waals surface area contributed by atoms with Crippen LogP contribution in [0.4, 0.5) is 17.1 Å². The minimum atomic E-state index is 0.870. The number of anilines is 3. The number of aromatic nitrogens is 1. The van der Waals surface area contributed by atoms with E-state index in [0.717, 1.165) is 55.8 Å². The summed E-state index contributed by atoms with van der Waals surface area (Å²) < 4.78 is 11.8. The van der Waals surface area contributed by atoms with Crippen LogP contribution in [0.15, 0.2) is 223 Å². The molecule has 3 nitrogen and oxygen atoms in total. The Balaban J connectivity index is 1.04. The van der Waals surface area contributed by atoms with Gasteiger partial charge >= 0.3 is 0 Å². The molecule has 0 radical (unpaired) electrons. The van der Waals surface area contributed by atoms with Crippen molar-refractivity contribution >= 4 is 103 Å². The van der Waals surface area contributed by atoms with Crippen molar-refractivity contribution in [3.05, 3.63) is 218 Å². The Morgan fingerprint density at radius 1 is 0.371 bits per heavy atom. The van der Waals surface area contributed by atoms with E-state index in [1.54, 1.807) is 0 Å². The fourth-order valence-corrected chi connectivity index (χ4v) is 10.7. The van der Waals surface area contributed by atoms with Gasteiger partial charge in [-0.25, -0.2) is 0 Å². The molecule has 0 saturated carbocycles. The van der Waals surface area contributed by atoms with Crippen LogP contribution in [0.25, 0.3) is 103 Å². The van der Waals surface area contributed by atoms with Crippen LogP contribution >= 0.6 is 11.3 Å². The van der Waals surface area contributed by atoms with Crippen LogP contribution in [-0.4, -0.2) is 4.57 Å². The van der Waals surface area contributed by atoms with Crippen molar-refractivity contribution in [3.63, 3.8) is 0 Å². The molecule has 0 aliphatic heterocycles. The maximum atomic E-state index is 6.82. The largest absolute Gasteiger partial charge is 0.455 e. The molecule has 0 bridgehead atoms. The molecule has 3 heterocycles. The van der Waals surface area contributed by atoms with Crippen molar-refractivity contribution in [2.24, 2.45) is 0 Å². The summed E-state index contributed by atoms with van der Waals surface area (Å²) in [4.78, 5) is 2.41. The van der Waals surface area contributed by atoms with Crippen molar-refractivity contribution in [3.8, 4) is 27.9 Å². The number of furan rings is 1. The minimum Gasteiger partial charge on any atom is -0.455 e. The highest BCUT2D eigenvalue weighted by atomic mass is 32.1. The minimum absolute atomic E-state index is 0.870. The van der Waals surface area contributed by atoms with E-state index < -0.39 is 0 Å². The van der Waals surface area contributed by atoms with Crippen molar-refractivity contribution in [2.75, 3.05) is 4.90 Å². The molecule has 4 heteroatoms. The topological polar surface area (TPSA) is 21.3 Å². The summed E-state index contributed by atoms with van der Waals surface area (Å²) in [5, 5.41) is 9.65. The summed E-state index contributed by atoms with van der Waals surface area (Å²) >= 11 is 1.85. The van der Waals surface area contributed by atoms with Gasteiger partial charge in [0.2, 0.25) is 0 Å². The van der Waals surface area contributed by atoms with Gasteiger partial charge in [-0.15, -0.1) is 11.3 Å². The van der Waals surface area contributed by atoms with Gasteiger partial charge in [-0.2, -0.15) is 0 Å². The van der Waals surface area contributed by atoms with E-state index in [1.165, 1.54) is 63.9 Å². The van der Waals surface area contributed by atoms with E-state index in [0.29, 0.717) is 0 Å². The molecule has 10 aromatic carbocycles. The second-order valence-corrected chi connectivity index (χ2v) is 17.2. The highest BCUT2D eigenvalue weighted by Gasteiger charge is 2.21. The van der Waals surface area contributed by atoms with Crippen LogP contribution in [0.5, 0.6) is 0 Å². The molecule has 0 N–H and O–H groups in total. The SMILES string of the molecule is c1cc(-c2ccc3sc4ccccc4c3c2)cc(N(c2ccc3ccccc3c2)c2cc(-c3cccc(-n4c5ccccc5c5ccccc54)c3)c3oc4ccccc4c3c2)c1. The number of rotatable bonds is 6. The Morgan fingerprint density at radius 3 is 1.89 bits per heavy atom. The molecule has 0 fully saturated rings. The molecule has 13 rings (SSSR count). The molecule has 0 amide bonds. The van der Waals surface area contributed by atoms with Gasteiger partial charge in [-0.3, -0.25) is 0 Å². The molecule has 290 valence electrons. The van der Waals surface area contributed by atoms with Crippen LogP contribution in [0.2, 0.25) is 0 Å². The molecular weight excluding hydrogens is 773 g/mol. The molecule has 62 heavy (non-hydrogen) atoms. The van der Waals surface area contributed by atoms with Crippen LogP contribution in [-0.2, 0) is 0 Å². The summed E-state index contributed by atoms with van der Waals surface area (Å²) in [6.07, 6.45) is 0. The number of fused-ring (bicyclic) bond motifs is 10. The van der Waals surface area contributed by atoms with E-state index in [9.17, 15) is 0 Å². The van der Waals surface area contributed by atoms with Gasteiger partial charge in [0.15, 0.2) is 0 Å². The zero-order chi connectivity index (χ0) is 40.7. The number of para-hydroxylation sites is 3. The first kappa shape index (κ1) is 34.9. The van der Waals surface area contributed by atoms with E-state index in [-0.39, 0.29) is 0 Å². The second kappa shape index (κ2) is 13.8. The summed E-state index contributed by atoms with van der Waals surface area (Å²) in [6, 6.07) is 79.4. The maximum Gasteiger partial charge on any atom is 0.143 e. The highest BCUT2D eigenvalue weighted by molar-refractivity contribution is 7.25. The Bertz CT molecular complexity index is 3850. The molecule has 0 spiro atoms. The zero-order valence-corrected chi connectivity index (χ0v) is 34.3. The first-order valence-corrected chi connectivity index (χ1v) is 21.9. The lowest BCUT2D eigenvalue weighted by molar-refractivity contribution is 0.670. The van der Waals surface area contributed by atoms with Gasteiger partial charge in [0.25, 0.3) is 0 Å². The van der Waals surface area contributed by atoms with Crippen molar-refractivity contribution in [2.45, 2.75) is 0 Å². The van der Waals surface area contributed by atoms with Crippen molar-refractivity contribution in [1.82, 2.24) is 4.57 Å². The third-order valence-electron chi connectivity index (χ3n) is 12.5. The third kappa shape index (κ3) is 5.51. The predicted molar refractivity (Wildman–Crippen MR) is 264 cm³/mol. The van der Waals surface area contributed by atoms with Gasteiger partial charge < -0.3 is 13.9 Å². The van der Waals surface area contributed by atoms with Crippen LogP contribution in [0.3, 0.4) is 0 Å². The lowest BCUT2D eigenvalue weighted by Crippen LogP contribution is -2.10. The first-order valence-electron chi connectivity index (χ1n) is 21.1. The van der Waals surface area contributed by atoms with Gasteiger partial charge in [0.05, 0.1) is 11.0 Å². The zero-order valence-electron chi connectivity index (χ0n) is 33.5. The van der Waals surface area contributed by atoms with Gasteiger partial charge in [0.1, 0.15) is 11.2 Å². The van der Waals surface area contributed by atoms with Gasteiger partial charge in [-0.05, 0) is 112 Å². The third-order valence-corrected chi connectivity index (χ3v) is 13.7. The fourth-order valence-electron chi connectivity index (χ4n) is 9.66. The molecule has 0 saturated heterocycles. The number of nitrogens with zero attached hydrogens (tertiary/aromatic N) is 2. The molecule has 0 unspecified atom stereocenters. The summed E-state index contributed by atoms with van der Waals surface area (Å²) in [7, 11) is 0. The number of thiophene rings is 1. The number of benzene rings is 10.